The Morgan fingerprint density at radius 2 is 1.79 bits per heavy atom. The molecule has 0 aromatic heterocycles. The average Bonchev–Trinajstić information content (AvgIpc) is 2.73. The molecule has 0 saturated heterocycles. The summed E-state index contributed by atoms with van der Waals surface area (Å²) in [5.41, 5.74) is 0.483. The number of rotatable bonds is 6. The van der Waals surface area contributed by atoms with Crippen LogP contribution in [0.25, 0.3) is 0 Å². The topological polar surface area (TPSA) is 92.3 Å². The standard InChI is InChI=1S/C20H21NO7/c1-12(19(22)21-13-8-9-14(24-2)17(10-13)25-3)27-20(23)18-11-26-15-6-4-5-7-16(15)28-18/h4-10,12,18H,11H2,1-3H3,(H,21,22)/t12-,18-/m0/s1. The van der Waals surface area contributed by atoms with Crippen molar-refractivity contribution in [3.8, 4) is 23.0 Å². The van der Waals surface area contributed by atoms with Crippen molar-refractivity contribution < 1.29 is 33.3 Å². The SMILES string of the molecule is COc1ccc(NC(=O)[C@H](C)OC(=O)[C@@H]2COc3ccccc3O2)cc1OC. The normalized spacial score (nSPS) is 15.9. The average molecular weight is 387 g/mol. The molecule has 0 bridgehead atoms. The number of carbonyl (C=O) groups excluding carboxylic acids is 2. The van der Waals surface area contributed by atoms with E-state index in [2.05, 4.69) is 5.32 Å². The van der Waals surface area contributed by atoms with Gasteiger partial charge in [-0.1, -0.05) is 12.1 Å². The number of benzene rings is 2. The Kier molecular flexibility index (Phi) is 5.88. The van der Waals surface area contributed by atoms with Crippen molar-refractivity contribution in [1.29, 1.82) is 0 Å². The van der Waals surface area contributed by atoms with E-state index in [9.17, 15) is 9.59 Å². The second-order valence-electron chi connectivity index (χ2n) is 6.00. The minimum absolute atomic E-state index is 0.0138. The monoisotopic (exact) mass is 387 g/mol. The summed E-state index contributed by atoms with van der Waals surface area (Å²) in [6, 6.07) is 12.0. The van der Waals surface area contributed by atoms with Crippen LogP contribution in [0.5, 0.6) is 23.0 Å². The van der Waals surface area contributed by atoms with E-state index in [0.717, 1.165) is 0 Å². The molecule has 1 N–H and O–H groups in total. The van der Waals surface area contributed by atoms with Crippen LogP contribution in [0, 0.1) is 0 Å². The Morgan fingerprint density at radius 3 is 2.50 bits per heavy atom. The zero-order chi connectivity index (χ0) is 20.1. The molecule has 1 heterocycles. The van der Waals surface area contributed by atoms with Crippen LogP contribution in [0.4, 0.5) is 5.69 Å². The van der Waals surface area contributed by atoms with Gasteiger partial charge in [-0.15, -0.1) is 0 Å². The zero-order valence-electron chi connectivity index (χ0n) is 15.8. The largest absolute Gasteiger partial charge is 0.493 e. The molecule has 0 radical (unpaired) electrons. The summed E-state index contributed by atoms with van der Waals surface area (Å²) in [6.45, 7) is 1.49. The van der Waals surface area contributed by atoms with Crippen LogP contribution >= 0.6 is 0 Å². The molecule has 28 heavy (non-hydrogen) atoms. The van der Waals surface area contributed by atoms with E-state index in [1.165, 1.54) is 21.1 Å². The third-order valence-electron chi connectivity index (χ3n) is 4.08. The Morgan fingerprint density at radius 1 is 1.07 bits per heavy atom. The lowest BCUT2D eigenvalue weighted by Crippen LogP contribution is -2.41. The second-order valence-corrected chi connectivity index (χ2v) is 6.00. The fraction of sp³-hybridized carbons (Fsp3) is 0.300. The van der Waals surface area contributed by atoms with E-state index in [1.807, 2.05) is 0 Å². The maximum atomic E-state index is 12.4. The minimum Gasteiger partial charge on any atom is -0.493 e. The van der Waals surface area contributed by atoms with Crippen molar-refractivity contribution in [2.24, 2.45) is 0 Å². The Bertz CT molecular complexity index is 867. The summed E-state index contributed by atoms with van der Waals surface area (Å²) >= 11 is 0. The number of ether oxygens (including phenoxy) is 5. The molecule has 3 rings (SSSR count). The number of anilines is 1. The number of hydrogen-bond donors (Lipinski definition) is 1. The van der Waals surface area contributed by atoms with Crippen LogP contribution in [0.3, 0.4) is 0 Å². The molecule has 2 atom stereocenters. The van der Waals surface area contributed by atoms with Gasteiger partial charge in [-0.05, 0) is 31.2 Å². The molecule has 1 aliphatic rings. The summed E-state index contributed by atoms with van der Waals surface area (Å²) < 4.78 is 26.7. The molecular formula is C20H21NO7. The second kappa shape index (κ2) is 8.51. The molecule has 2 aromatic carbocycles. The van der Waals surface area contributed by atoms with Crippen LogP contribution in [-0.4, -0.2) is 44.9 Å². The molecule has 8 heteroatoms. The molecule has 0 aliphatic carbocycles. The number of carbonyl (C=O) groups is 2. The van der Waals surface area contributed by atoms with Crippen LogP contribution in [0.1, 0.15) is 6.92 Å². The fourth-order valence-corrected chi connectivity index (χ4v) is 2.60. The molecule has 0 saturated carbocycles. The number of fused-ring (bicyclic) bond motifs is 1. The molecular weight excluding hydrogens is 366 g/mol. The minimum atomic E-state index is -1.03. The zero-order valence-corrected chi connectivity index (χ0v) is 15.8. The maximum Gasteiger partial charge on any atom is 0.351 e. The summed E-state index contributed by atoms with van der Waals surface area (Å²) in [5, 5.41) is 2.67. The summed E-state index contributed by atoms with van der Waals surface area (Å²) in [4.78, 5) is 24.7. The van der Waals surface area contributed by atoms with E-state index in [4.69, 9.17) is 23.7 Å². The van der Waals surface area contributed by atoms with Gasteiger partial charge in [-0.2, -0.15) is 0 Å². The number of hydrogen-bond acceptors (Lipinski definition) is 7. The third kappa shape index (κ3) is 4.28. The van der Waals surface area contributed by atoms with E-state index >= 15 is 0 Å². The van der Waals surface area contributed by atoms with E-state index in [1.54, 1.807) is 42.5 Å². The van der Waals surface area contributed by atoms with Crippen molar-refractivity contribution in [2.75, 3.05) is 26.1 Å². The van der Waals surface area contributed by atoms with Crippen molar-refractivity contribution in [2.45, 2.75) is 19.1 Å². The van der Waals surface area contributed by atoms with Gasteiger partial charge in [-0.25, -0.2) is 4.79 Å². The molecule has 1 amide bonds. The van der Waals surface area contributed by atoms with Gasteiger partial charge in [-0.3, -0.25) is 4.79 Å². The molecule has 0 spiro atoms. The number of para-hydroxylation sites is 2. The summed E-state index contributed by atoms with van der Waals surface area (Å²) in [7, 11) is 3.02. The number of nitrogens with one attached hydrogen (secondary N) is 1. The Balaban J connectivity index is 1.58. The first-order chi connectivity index (χ1) is 13.5. The summed E-state index contributed by atoms with van der Waals surface area (Å²) in [6.07, 6.45) is -1.97. The maximum absolute atomic E-state index is 12.4. The molecule has 2 aromatic rings. The first-order valence-corrected chi connectivity index (χ1v) is 8.63. The van der Waals surface area contributed by atoms with Gasteiger partial charge in [0.2, 0.25) is 6.10 Å². The molecule has 0 unspecified atom stereocenters. The van der Waals surface area contributed by atoms with Crippen molar-refractivity contribution in [3.05, 3.63) is 42.5 Å². The highest BCUT2D eigenvalue weighted by atomic mass is 16.6. The molecule has 1 aliphatic heterocycles. The number of methoxy groups -OCH3 is 2. The van der Waals surface area contributed by atoms with Crippen LogP contribution in [-0.2, 0) is 14.3 Å². The summed E-state index contributed by atoms with van der Waals surface area (Å²) in [5.74, 6) is 0.858. The lowest BCUT2D eigenvalue weighted by atomic mass is 10.2. The first-order valence-electron chi connectivity index (χ1n) is 8.63. The van der Waals surface area contributed by atoms with Gasteiger partial charge in [0.25, 0.3) is 5.91 Å². The predicted molar refractivity (Wildman–Crippen MR) is 100 cm³/mol. The highest BCUT2D eigenvalue weighted by Crippen LogP contribution is 2.31. The van der Waals surface area contributed by atoms with Gasteiger partial charge in [0.15, 0.2) is 29.1 Å². The van der Waals surface area contributed by atoms with Gasteiger partial charge < -0.3 is 29.0 Å². The van der Waals surface area contributed by atoms with Gasteiger partial charge in [0, 0.05) is 11.8 Å². The Labute approximate surface area is 162 Å². The van der Waals surface area contributed by atoms with Crippen LogP contribution in [0.15, 0.2) is 42.5 Å². The van der Waals surface area contributed by atoms with Crippen LogP contribution in [0.2, 0.25) is 0 Å². The number of esters is 1. The van der Waals surface area contributed by atoms with Gasteiger partial charge >= 0.3 is 5.97 Å². The Hall–Kier alpha value is -3.42. The smallest absolute Gasteiger partial charge is 0.351 e. The van der Waals surface area contributed by atoms with E-state index in [-0.39, 0.29) is 6.61 Å². The van der Waals surface area contributed by atoms with Crippen molar-refractivity contribution >= 4 is 17.6 Å². The lowest BCUT2D eigenvalue weighted by molar-refractivity contribution is -0.162. The van der Waals surface area contributed by atoms with Crippen LogP contribution < -0.4 is 24.3 Å². The lowest BCUT2D eigenvalue weighted by Gasteiger charge is -2.25. The number of amides is 1. The molecule has 0 fully saturated rings. The quantitative estimate of drug-likeness (QED) is 0.761. The molecule has 148 valence electrons. The molecule has 8 nitrogen and oxygen atoms in total. The van der Waals surface area contributed by atoms with Crippen molar-refractivity contribution in [3.63, 3.8) is 0 Å². The van der Waals surface area contributed by atoms with Crippen molar-refractivity contribution in [1.82, 2.24) is 0 Å². The highest BCUT2D eigenvalue weighted by molar-refractivity contribution is 5.95. The highest BCUT2D eigenvalue weighted by Gasteiger charge is 2.31. The van der Waals surface area contributed by atoms with E-state index < -0.39 is 24.1 Å². The van der Waals surface area contributed by atoms with E-state index in [0.29, 0.717) is 28.7 Å². The predicted octanol–water partition coefficient (Wildman–Crippen LogP) is 2.41. The fourth-order valence-electron chi connectivity index (χ4n) is 2.60. The van der Waals surface area contributed by atoms with Gasteiger partial charge in [0.05, 0.1) is 14.2 Å². The third-order valence-corrected chi connectivity index (χ3v) is 4.08. The first kappa shape index (κ1) is 19.3. The van der Waals surface area contributed by atoms with Gasteiger partial charge in [0.1, 0.15) is 6.61 Å².